The minimum absolute atomic E-state index is 0.0165. The average Bonchev–Trinajstić information content (AvgIpc) is 2.62. The van der Waals surface area contributed by atoms with Crippen molar-refractivity contribution in [3.8, 4) is 5.75 Å². The fourth-order valence-electron chi connectivity index (χ4n) is 2.88. The Bertz CT molecular complexity index is 554. The van der Waals surface area contributed by atoms with Gasteiger partial charge in [-0.25, -0.2) is 0 Å². The van der Waals surface area contributed by atoms with Gasteiger partial charge in [0, 0.05) is 31.2 Å². The number of carbonyl (C=O) groups excluding carboxylic acids is 1. The van der Waals surface area contributed by atoms with Gasteiger partial charge in [-0.2, -0.15) is 0 Å². The lowest BCUT2D eigenvalue weighted by Gasteiger charge is -2.31. The predicted octanol–water partition coefficient (Wildman–Crippen LogP) is 4.03. The van der Waals surface area contributed by atoms with E-state index in [2.05, 4.69) is 37.1 Å². The van der Waals surface area contributed by atoms with Crippen molar-refractivity contribution in [3.05, 3.63) is 41.5 Å². The van der Waals surface area contributed by atoms with Crippen molar-refractivity contribution in [2.24, 2.45) is 0 Å². The molecule has 1 aliphatic rings. The Kier molecular flexibility index (Phi) is 7.99. The summed E-state index contributed by atoms with van der Waals surface area (Å²) < 4.78 is 5.64. The third-order valence-corrected chi connectivity index (χ3v) is 4.56. The molecule has 1 aliphatic heterocycles. The Labute approximate surface area is 152 Å². The van der Waals surface area contributed by atoms with Crippen LogP contribution in [0, 0.1) is 0 Å². The first kappa shape index (κ1) is 19.5. The number of hydrogen-bond donors (Lipinski definition) is 1. The van der Waals surface area contributed by atoms with Gasteiger partial charge in [-0.1, -0.05) is 25.0 Å². The summed E-state index contributed by atoms with van der Waals surface area (Å²) in [7, 11) is 0. The molecule has 2 rings (SSSR count). The van der Waals surface area contributed by atoms with E-state index in [1.807, 2.05) is 24.3 Å². The van der Waals surface area contributed by atoms with Gasteiger partial charge in [-0.3, -0.25) is 9.69 Å². The van der Waals surface area contributed by atoms with Gasteiger partial charge in [0.05, 0.1) is 6.61 Å². The summed E-state index contributed by atoms with van der Waals surface area (Å²) in [5.41, 5.74) is 2.06. The number of piperidine rings is 1. The molecule has 0 radical (unpaired) electrons. The first-order valence-corrected chi connectivity index (χ1v) is 9.48. The largest absolute Gasteiger partial charge is 0.494 e. The average molecular weight is 344 g/mol. The van der Waals surface area contributed by atoms with Gasteiger partial charge in [0.15, 0.2) is 0 Å². The zero-order valence-corrected chi connectivity index (χ0v) is 15.9. The predicted molar refractivity (Wildman–Crippen MR) is 103 cm³/mol. The molecule has 0 aromatic heterocycles. The van der Waals surface area contributed by atoms with Crippen molar-refractivity contribution in [2.75, 3.05) is 26.2 Å². The molecule has 0 spiro atoms. The zero-order chi connectivity index (χ0) is 18.1. The lowest BCUT2D eigenvalue weighted by atomic mass is 10.0. The number of carbonyl (C=O) groups is 1. The molecule has 1 fully saturated rings. The number of ether oxygens (including phenoxy) is 1. The summed E-state index contributed by atoms with van der Waals surface area (Å²) in [4.78, 5) is 14.8. The van der Waals surface area contributed by atoms with E-state index in [0.29, 0.717) is 5.56 Å². The molecule has 1 heterocycles. The Balaban J connectivity index is 1.76. The number of hydrogen-bond acceptors (Lipinski definition) is 3. The van der Waals surface area contributed by atoms with Crippen LogP contribution in [-0.2, 0) is 0 Å². The number of benzene rings is 1. The summed E-state index contributed by atoms with van der Waals surface area (Å²) in [5, 5.41) is 3.17. The number of amides is 1. The Hall–Kier alpha value is -1.81. The Morgan fingerprint density at radius 3 is 2.52 bits per heavy atom. The van der Waals surface area contributed by atoms with Crippen LogP contribution >= 0.6 is 0 Å². The fourth-order valence-corrected chi connectivity index (χ4v) is 2.88. The molecule has 0 unspecified atom stereocenters. The van der Waals surface area contributed by atoms with E-state index in [9.17, 15) is 4.79 Å². The second-order valence-corrected chi connectivity index (χ2v) is 7.06. The first-order valence-electron chi connectivity index (χ1n) is 9.48. The smallest absolute Gasteiger partial charge is 0.251 e. The molecule has 1 N–H and O–H groups in total. The second kappa shape index (κ2) is 10.2. The molecule has 0 bridgehead atoms. The lowest BCUT2D eigenvalue weighted by molar-refractivity contribution is 0.0914. The third-order valence-electron chi connectivity index (χ3n) is 4.56. The quantitative estimate of drug-likeness (QED) is 0.572. The van der Waals surface area contributed by atoms with Gasteiger partial charge < -0.3 is 10.1 Å². The third kappa shape index (κ3) is 6.91. The van der Waals surface area contributed by atoms with Gasteiger partial charge in [0.25, 0.3) is 5.91 Å². The molecular formula is C21H32N2O2. The summed E-state index contributed by atoms with van der Waals surface area (Å²) in [6, 6.07) is 7.73. The normalized spacial score (nSPS) is 15.6. The maximum Gasteiger partial charge on any atom is 0.251 e. The standard InChI is InChI=1S/C21H32N2O2/c1-4-5-16-25-20-8-6-18(7-9-20)21(24)22-19-11-14-23(15-12-19)13-10-17(2)3/h6-10,19H,4-5,11-16H2,1-3H3,(H,22,24). The van der Waals surface area contributed by atoms with Crippen LogP contribution in [0.25, 0.3) is 0 Å². The first-order chi connectivity index (χ1) is 12.1. The molecule has 1 aromatic rings. The van der Waals surface area contributed by atoms with Gasteiger partial charge in [0.2, 0.25) is 0 Å². The van der Waals surface area contributed by atoms with Gasteiger partial charge >= 0.3 is 0 Å². The van der Waals surface area contributed by atoms with Crippen molar-refractivity contribution < 1.29 is 9.53 Å². The van der Waals surface area contributed by atoms with E-state index in [4.69, 9.17) is 4.74 Å². The van der Waals surface area contributed by atoms with E-state index in [0.717, 1.165) is 57.7 Å². The highest BCUT2D eigenvalue weighted by Crippen LogP contribution is 2.15. The van der Waals surface area contributed by atoms with Crippen molar-refractivity contribution in [1.82, 2.24) is 10.2 Å². The highest BCUT2D eigenvalue weighted by molar-refractivity contribution is 5.94. The van der Waals surface area contributed by atoms with E-state index < -0.39 is 0 Å². The van der Waals surface area contributed by atoms with Crippen LogP contribution in [0.1, 0.15) is 56.8 Å². The summed E-state index contributed by atoms with van der Waals surface area (Å²) in [5.74, 6) is 0.848. The Morgan fingerprint density at radius 2 is 1.92 bits per heavy atom. The molecular weight excluding hydrogens is 312 g/mol. The highest BCUT2D eigenvalue weighted by atomic mass is 16.5. The minimum Gasteiger partial charge on any atom is -0.494 e. The number of allylic oxidation sites excluding steroid dienone is 1. The van der Waals surface area contributed by atoms with Gasteiger partial charge in [-0.05, 0) is 57.4 Å². The topological polar surface area (TPSA) is 41.6 Å². The fraction of sp³-hybridized carbons (Fsp3) is 0.571. The zero-order valence-electron chi connectivity index (χ0n) is 15.9. The van der Waals surface area contributed by atoms with Gasteiger partial charge in [-0.15, -0.1) is 0 Å². The molecule has 0 saturated carbocycles. The SMILES string of the molecule is CCCCOc1ccc(C(=O)NC2CCN(CC=C(C)C)CC2)cc1. The Morgan fingerprint density at radius 1 is 1.24 bits per heavy atom. The molecule has 138 valence electrons. The molecule has 1 aromatic carbocycles. The molecule has 4 heteroatoms. The van der Waals surface area contributed by atoms with Crippen molar-refractivity contribution in [3.63, 3.8) is 0 Å². The molecule has 4 nitrogen and oxygen atoms in total. The second-order valence-electron chi connectivity index (χ2n) is 7.06. The summed E-state index contributed by atoms with van der Waals surface area (Å²) >= 11 is 0. The maximum atomic E-state index is 12.4. The lowest BCUT2D eigenvalue weighted by Crippen LogP contribution is -2.44. The maximum absolute atomic E-state index is 12.4. The number of rotatable bonds is 8. The number of likely N-dealkylation sites (tertiary alicyclic amines) is 1. The van der Waals surface area contributed by atoms with Crippen LogP contribution in [0.3, 0.4) is 0 Å². The number of nitrogens with one attached hydrogen (secondary N) is 1. The van der Waals surface area contributed by atoms with Crippen molar-refractivity contribution in [1.29, 1.82) is 0 Å². The molecule has 1 saturated heterocycles. The molecule has 1 amide bonds. The van der Waals surface area contributed by atoms with Crippen LogP contribution < -0.4 is 10.1 Å². The van der Waals surface area contributed by atoms with E-state index in [1.54, 1.807) is 0 Å². The molecule has 25 heavy (non-hydrogen) atoms. The van der Waals surface area contributed by atoms with Crippen LogP contribution in [0.4, 0.5) is 0 Å². The highest BCUT2D eigenvalue weighted by Gasteiger charge is 2.20. The van der Waals surface area contributed by atoms with E-state index in [-0.39, 0.29) is 11.9 Å². The molecule has 0 atom stereocenters. The van der Waals surface area contributed by atoms with Crippen molar-refractivity contribution in [2.45, 2.75) is 52.5 Å². The van der Waals surface area contributed by atoms with Crippen LogP contribution in [0.15, 0.2) is 35.9 Å². The van der Waals surface area contributed by atoms with Crippen LogP contribution in [-0.4, -0.2) is 43.1 Å². The summed E-state index contributed by atoms with van der Waals surface area (Å²) in [6.45, 7) is 10.2. The number of nitrogens with zero attached hydrogens (tertiary/aromatic N) is 1. The van der Waals surface area contributed by atoms with Crippen LogP contribution in [0.5, 0.6) is 5.75 Å². The van der Waals surface area contributed by atoms with Gasteiger partial charge in [0.1, 0.15) is 5.75 Å². The van der Waals surface area contributed by atoms with E-state index in [1.165, 1.54) is 5.57 Å². The van der Waals surface area contributed by atoms with Crippen molar-refractivity contribution >= 4 is 5.91 Å². The van der Waals surface area contributed by atoms with E-state index >= 15 is 0 Å². The number of unbranched alkanes of at least 4 members (excludes halogenated alkanes) is 1. The minimum atomic E-state index is 0.0165. The molecule has 0 aliphatic carbocycles. The monoisotopic (exact) mass is 344 g/mol. The van der Waals surface area contributed by atoms with Crippen LogP contribution in [0.2, 0.25) is 0 Å². The summed E-state index contributed by atoms with van der Waals surface area (Å²) in [6.07, 6.45) is 6.46.